The third kappa shape index (κ3) is 3.83. The Kier molecular flexibility index (Phi) is 5.04. The van der Waals surface area contributed by atoms with Crippen molar-refractivity contribution in [3.05, 3.63) is 64.4 Å². The molecule has 3 aromatic rings. The van der Waals surface area contributed by atoms with Crippen LogP contribution >= 0.6 is 11.5 Å². The highest BCUT2D eigenvalue weighted by Gasteiger charge is 2.13. The largest absolute Gasteiger partial charge is 0.483 e. The summed E-state index contributed by atoms with van der Waals surface area (Å²) in [6, 6.07) is 12.7. The minimum Gasteiger partial charge on any atom is -0.483 e. The molecular weight excluding hydrogens is 339 g/mol. The second kappa shape index (κ2) is 7.40. The zero-order chi connectivity index (χ0) is 17.8. The van der Waals surface area contributed by atoms with Crippen molar-refractivity contribution in [2.24, 2.45) is 10.7 Å². The summed E-state index contributed by atoms with van der Waals surface area (Å²) in [6.07, 6.45) is 0. The zero-order valence-electron chi connectivity index (χ0n) is 13.9. The van der Waals surface area contributed by atoms with Gasteiger partial charge in [0.05, 0.1) is 5.56 Å². The molecule has 1 heterocycles. The van der Waals surface area contributed by atoms with E-state index < -0.39 is 5.82 Å². The van der Waals surface area contributed by atoms with Crippen LogP contribution < -0.4 is 10.5 Å². The first kappa shape index (κ1) is 17.0. The number of hydrogen-bond acceptors (Lipinski definition) is 5. The number of hydrogen-bond donors (Lipinski definition) is 1. The molecule has 25 heavy (non-hydrogen) atoms. The van der Waals surface area contributed by atoms with Crippen LogP contribution in [0, 0.1) is 12.7 Å². The molecule has 7 heteroatoms. The number of nitrogens with two attached hydrogens (primary N) is 1. The lowest BCUT2D eigenvalue weighted by Gasteiger charge is -2.08. The highest BCUT2D eigenvalue weighted by atomic mass is 32.1. The molecule has 0 saturated heterocycles. The van der Waals surface area contributed by atoms with Gasteiger partial charge >= 0.3 is 0 Å². The third-order valence-electron chi connectivity index (χ3n) is 3.61. The number of ether oxygens (including phenoxy) is 1. The van der Waals surface area contributed by atoms with E-state index in [0.717, 1.165) is 5.56 Å². The minimum atomic E-state index is -0.533. The van der Waals surface area contributed by atoms with Crippen LogP contribution in [0.2, 0.25) is 0 Å². The van der Waals surface area contributed by atoms with Crippen molar-refractivity contribution < 1.29 is 9.13 Å². The normalized spacial score (nSPS) is 11.6. The number of amidine groups is 1. The van der Waals surface area contributed by atoms with Crippen LogP contribution in [0.25, 0.3) is 11.4 Å². The lowest BCUT2D eigenvalue weighted by Crippen LogP contribution is -2.15. The fraction of sp³-hybridized carbons (Fsp3) is 0.167. The Morgan fingerprint density at radius 3 is 2.72 bits per heavy atom. The van der Waals surface area contributed by atoms with Gasteiger partial charge in [0, 0.05) is 12.6 Å². The third-order valence-corrected chi connectivity index (χ3v) is 4.29. The van der Waals surface area contributed by atoms with Crippen LogP contribution in [0.5, 0.6) is 5.75 Å². The van der Waals surface area contributed by atoms with Crippen LogP contribution in [0.4, 0.5) is 4.39 Å². The minimum absolute atomic E-state index is 0.108. The summed E-state index contributed by atoms with van der Waals surface area (Å²) < 4.78 is 24.3. The molecule has 0 radical (unpaired) electrons. The molecule has 0 atom stereocenters. The van der Waals surface area contributed by atoms with Crippen molar-refractivity contribution in [1.82, 2.24) is 9.36 Å². The molecule has 0 spiro atoms. The molecule has 0 unspecified atom stereocenters. The van der Waals surface area contributed by atoms with E-state index in [1.807, 2.05) is 31.2 Å². The van der Waals surface area contributed by atoms with Crippen LogP contribution in [0.15, 0.2) is 47.5 Å². The number of nitrogens with zero attached hydrogens (tertiary/aromatic N) is 3. The lowest BCUT2D eigenvalue weighted by atomic mass is 10.1. The number of halogens is 1. The maximum Gasteiger partial charge on any atom is 0.175 e. The lowest BCUT2D eigenvalue weighted by molar-refractivity contribution is 0.289. The van der Waals surface area contributed by atoms with E-state index in [9.17, 15) is 4.39 Å². The van der Waals surface area contributed by atoms with E-state index >= 15 is 0 Å². The van der Waals surface area contributed by atoms with E-state index in [2.05, 4.69) is 14.3 Å². The molecule has 0 aliphatic rings. The van der Waals surface area contributed by atoms with E-state index in [0.29, 0.717) is 10.8 Å². The second-order valence-corrected chi connectivity index (χ2v) is 6.23. The predicted octanol–water partition coefficient (Wildman–Crippen LogP) is 3.57. The first-order valence-electron chi connectivity index (χ1n) is 7.62. The zero-order valence-corrected chi connectivity index (χ0v) is 14.7. The van der Waals surface area contributed by atoms with Crippen molar-refractivity contribution in [2.75, 3.05) is 7.05 Å². The van der Waals surface area contributed by atoms with Gasteiger partial charge in [-0.15, -0.1) is 0 Å². The summed E-state index contributed by atoms with van der Waals surface area (Å²) in [5.74, 6) is 0.339. The number of rotatable bonds is 5. The van der Waals surface area contributed by atoms with Gasteiger partial charge in [0.25, 0.3) is 0 Å². The Labute approximate surface area is 149 Å². The topological polar surface area (TPSA) is 73.4 Å². The number of aryl methyl sites for hydroxylation is 1. The molecular formula is C18H17FN4OS. The highest BCUT2D eigenvalue weighted by Crippen LogP contribution is 2.23. The number of benzene rings is 2. The summed E-state index contributed by atoms with van der Waals surface area (Å²) in [5.41, 5.74) is 8.02. The van der Waals surface area contributed by atoms with Crippen LogP contribution in [0.3, 0.4) is 0 Å². The molecule has 5 nitrogen and oxygen atoms in total. The Bertz CT molecular complexity index is 906. The molecule has 1 aromatic heterocycles. The van der Waals surface area contributed by atoms with E-state index in [1.54, 1.807) is 18.2 Å². The van der Waals surface area contributed by atoms with Gasteiger partial charge in [-0.3, -0.25) is 4.99 Å². The van der Waals surface area contributed by atoms with E-state index in [-0.39, 0.29) is 23.8 Å². The molecule has 0 bridgehead atoms. The molecule has 0 saturated carbocycles. The average molecular weight is 356 g/mol. The standard InChI is InChI=1S/C18H17FN4OS/c1-11-6-8-12(9-7-11)18-22-15(25-23-18)10-24-14-5-3-4-13(16(14)19)17(20)21-2/h3-9H,10H2,1-2H3,(H2,20,21). The predicted molar refractivity (Wildman–Crippen MR) is 97.5 cm³/mol. The second-order valence-electron chi connectivity index (χ2n) is 5.39. The van der Waals surface area contributed by atoms with Crippen LogP contribution in [-0.2, 0) is 6.61 Å². The van der Waals surface area contributed by atoms with Crippen LogP contribution in [0.1, 0.15) is 16.1 Å². The van der Waals surface area contributed by atoms with Gasteiger partial charge < -0.3 is 10.5 Å². The van der Waals surface area contributed by atoms with Crippen molar-refractivity contribution in [2.45, 2.75) is 13.5 Å². The van der Waals surface area contributed by atoms with Gasteiger partial charge in [-0.25, -0.2) is 9.37 Å². The van der Waals surface area contributed by atoms with Gasteiger partial charge in [-0.1, -0.05) is 35.9 Å². The summed E-state index contributed by atoms with van der Waals surface area (Å²) in [4.78, 5) is 8.24. The van der Waals surface area contributed by atoms with Gasteiger partial charge in [0.1, 0.15) is 12.4 Å². The van der Waals surface area contributed by atoms with Gasteiger partial charge in [-0.2, -0.15) is 4.37 Å². The SMILES string of the molecule is CN=C(N)c1cccc(OCc2nc(-c3ccc(C)cc3)ns2)c1F. The van der Waals surface area contributed by atoms with Gasteiger partial charge in [0.15, 0.2) is 22.4 Å². The smallest absolute Gasteiger partial charge is 0.175 e. The molecule has 3 rings (SSSR count). The molecule has 0 amide bonds. The van der Waals surface area contributed by atoms with Crippen molar-refractivity contribution in [1.29, 1.82) is 0 Å². The fourth-order valence-electron chi connectivity index (χ4n) is 2.21. The van der Waals surface area contributed by atoms with E-state index in [4.69, 9.17) is 10.5 Å². The summed E-state index contributed by atoms with van der Waals surface area (Å²) in [7, 11) is 1.51. The summed E-state index contributed by atoms with van der Waals surface area (Å²) in [5, 5.41) is 0.664. The molecule has 128 valence electrons. The monoisotopic (exact) mass is 356 g/mol. The molecule has 0 aliphatic heterocycles. The van der Waals surface area contributed by atoms with Crippen molar-refractivity contribution >= 4 is 17.4 Å². The maximum absolute atomic E-state index is 14.4. The molecule has 0 fully saturated rings. The van der Waals surface area contributed by atoms with Gasteiger partial charge in [-0.05, 0) is 30.6 Å². The number of aliphatic imine (C=N–C) groups is 1. The van der Waals surface area contributed by atoms with Gasteiger partial charge in [0.2, 0.25) is 0 Å². The van der Waals surface area contributed by atoms with Crippen LogP contribution in [-0.4, -0.2) is 22.2 Å². The highest BCUT2D eigenvalue weighted by molar-refractivity contribution is 7.05. The molecule has 2 N–H and O–H groups in total. The fourth-order valence-corrected chi connectivity index (χ4v) is 2.79. The Morgan fingerprint density at radius 2 is 2.00 bits per heavy atom. The maximum atomic E-state index is 14.4. The van der Waals surface area contributed by atoms with E-state index in [1.165, 1.54) is 24.1 Å². The van der Waals surface area contributed by atoms with Crippen molar-refractivity contribution in [3.63, 3.8) is 0 Å². The molecule has 0 aliphatic carbocycles. The quantitative estimate of drug-likeness (QED) is 0.560. The Balaban J connectivity index is 1.74. The summed E-state index contributed by atoms with van der Waals surface area (Å²) in [6.45, 7) is 2.16. The first-order chi connectivity index (χ1) is 12.1. The average Bonchev–Trinajstić information content (AvgIpc) is 3.10. The van der Waals surface area contributed by atoms with Crippen molar-refractivity contribution in [3.8, 4) is 17.1 Å². The molecule has 2 aromatic carbocycles. The first-order valence-corrected chi connectivity index (χ1v) is 8.39. The number of aromatic nitrogens is 2. The Hall–Kier alpha value is -2.80. The Morgan fingerprint density at radius 1 is 1.24 bits per heavy atom. The summed E-state index contributed by atoms with van der Waals surface area (Å²) >= 11 is 1.23.